The largest absolute Gasteiger partial charge is 0.415 e. The molecule has 0 heterocycles. The zero-order valence-electron chi connectivity index (χ0n) is 17.8. The number of amides is 1. The predicted octanol–water partition coefficient (Wildman–Crippen LogP) is 4.92. The second kappa shape index (κ2) is 10.8. The number of carbonyl (C=O) groups is 1. The van der Waals surface area contributed by atoms with Gasteiger partial charge in [-0.15, -0.1) is 0 Å². The van der Waals surface area contributed by atoms with E-state index in [1.54, 1.807) is 29.2 Å². The summed E-state index contributed by atoms with van der Waals surface area (Å²) in [6, 6.07) is 15.9. The summed E-state index contributed by atoms with van der Waals surface area (Å²) in [5.41, 5.74) is 2.63. The Hall–Kier alpha value is -2.08. The third kappa shape index (κ3) is 6.21. The molecule has 5 nitrogen and oxygen atoms in total. The molecule has 3 rings (SSSR count). The van der Waals surface area contributed by atoms with Crippen molar-refractivity contribution in [3.05, 3.63) is 64.7 Å². The monoisotopic (exact) mass is 430 g/mol. The summed E-state index contributed by atoms with van der Waals surface area (Å²) in [5, 5.41) is 9.65. The molecule has 0 saturated heterocycles. The van der Waals surface area contributed by atoms with E-state index in [1.165, 1.54) is 11.1 Å². The SMILES string of the molecule is CN(CCO)Cc1ccc(C2CCC(N(C)C(=O)Oc3ccc(Cl)cc3)CC2)cc1. The molecule has 2 aromatic carbocycles. The molecule has 0 unspecified atom stereocenters. The molecule has 2 aromatic rings. The Morgan fingerprint density at radius 1 is 1.03 bits per heavy atom. The molecule has 0 spiro atoms. The normalized spacial score (nSPS) is 19.0. The maximum Gasteiger partial charge on any atom is 0.415 e. The van der Waals surface area contributed by atoms with Crippen molar-refractivity contribution in [3.8, 4) is 5.75 Å². The van der Waals surface area contributed by atoms with Crippen LogP contribution in [0.4, 0.5) is 4.79 Å². The second-order valence-corrected chi connectivity index (χ2v) is 8.58. The zero-order valence-corrected chi connectivity index (χ0v) is 18.5. The van der Waals surface area contributed by atoms with Crippen LogP contribution in [0.3, 0.4) is 0 Å². The van der Waals surface area contributed by atoms with Crippen LogP contribution in [0.15, 0.2) is 48.5 Å². The third-order valence-corrected chi connectivity index (χ3v) is 6.19. The Morgan fingerprint density at radius 2 is 1.67 bits per heavy atom. The number of hydrogen-bond donors (Lipinski definition) is 1. The van der Waals surface area contributed by atoms with Crippen molar-refractivity contribution in [1.82, 2.24) is 9.80 Å². The summed E-state index contributed by atoms with van der Waals surface area (Å²) in [4.78, 5) is 16.3. The van der Waals surface area contributed by atoms with Gasteiger partial charge in [-0.05, 0) is 74.0 Å². The fourth-order valence-electron chi connectivity index (χ4n) is 4.08. The van der Waals surface area contributed by atoms with Crippen LogP contribution < -0.4 is 4.74 Å². The van der Waals surface area contributed by atoms with Gasteiger partial charge < -0.3 is 14.7 Å². The van der Waals surface area contributed by atoms with Crippen molar-refractivity contribution in [3.63, 3.8) is 0 Å². The van der Waals surface area contributed by atoms with Gasteiger partial charge in [0, 0.05) is 31.2 Å². The summed E-state index contributed by atoms with van der Waals surface area (Å²) in [6.07, 6.45) is 3.74. The Kier molecular flexibility index (Phi) is 8.14. The van der Waals surface area contributed by atoms with E-state index in [0.717, 1.165) is 32.2 Å². The number of aliphatic hydroxyl groups excluding tert-OH is 1. The number of ether oxygens (including phenoxy) is 1. The summed E-state index contributed by atoms with van der Waals surface area (Å²) in [6.45, 7) is 1.70. The second-order valence-electron chi connectivity index (χ2n) is 8.14. The van der Waals surface area contributed by atoms with Gasteiger partial charge in [-0.25, -0.2) is 4.79 Å². The minimum absolute atomic E-state index is 0.180. The Balaban J connectivity index is 1.49. The smallest absolute Gasteiger partial charge is 0.410 e. The first-order valence-corrected chi connectivity index (χ1v) is 10.9. The van der Waals surface area contributed by atoms with Crippen molar-refractivity contribution in [2.24, 2.45) is 0 Å². The van der Waals surface area contributed by atoms with Crippen LogP contribution in [0.25, 0.3) is 0 Å². The summed E-state index contributed by atoms with van der Waals surface area (Å²) < 4.78 is 5.47. The van der Waals surface area contributed by atoms with Crippen molar-refractivity contribution in [2.75, 3.05) is 27.2 Å². The molecule has 0 radical (unpaired) electrons. The molecular formula is C24H31ClN2O3. The van der Waals surface area contributed by atoms with E-state index in [-0.39, 0.29) is 18.7 Å². The van der Waals surface area contributed by atoms with E-state index in [0.29, 0.717) is 23.2 Å². The first-order valence-electron chi connectivity index (χ1n) is 10.5. The van der Waals surface area contributed by atoms with E-state index in [9.17, 15) is 4.79 Å². The van der Waals surface area contributed by atoms with Crippen molar-refractivity contribution in [1.29, 1.82) is 0 Å². The van der Waals surface area contributed by atoms with Crippen LogP contribution in [-0.2, 0) is 6.54 Å². The summed E-state index contributed by atoms with van der Waals surface area (Å²) in [5.74, 6) is 1.04. The molecule has 1 aliphatic rings. The molecule has 1 N–H and O–H groups in total. The highest BCUT2D eigenvalue weighted by molar-refractivity contribution is 6.30. The van der Waals surface area contributed by atoms with Gasteiger partial charge in [0.2, 0.25) is 0 Å². The molecule has 0 bridgehead atoms. The molecule has 1 fully saturated rings. The highest BCUT2D eigenvalue weighted by atomic mass is 35.5. The third-order valence-electron chi connectivity index (χ3n) is 5.94. The lowest BCUT2D eigenvalue weighted by molar-refractivity contribution is 0.130. The standard InChI is InChI=1S/C24H31ClN2O3/c1-26(15-16-28)17-18-3-5-19(6-4-18)20-7-11-22(12-8-20)27(2)24(29)30-23-13-9-21(25)10-14-23/h3-6,9-10,13-14,20,22,28H,7-8,11-12,15-17H2,1-2H3. The summed E-state index contributed by atoms with van der Waals surface area (Å²) in [7, 11) is 3.83. The number of benzene rings is 2. The lowest BCUT2D eigenvalue weighted by atomic mass is 9.81. The van der Waals surface area contributed by atoms with Crippen LogP contribution >= 0.6 is 11.6 Å². The number of hydrogen-bond acceptors (Lipinski definition) is 4. The summed E-state index contributed by atoms with van der Waals surface area (Å²) >= 11 is 5.88. The van der Waals surface area contributed by atoms with Crippen molar-refractivity contribution < 1.29 is 14.6 Å². The number of carbonyl (C=O) groups excluding carboxylic acids is 1. The highest BCUT2D eigenvalue weighted by Gasteiger charge is 2.28. The maximum absolute atomic E-state index is 12.5. The molecule has 1 amide bonds. The van der Waals surface area contributed by atoms with Crippen molar-refractivity contribution in [2.45, 2.75) is 44.2 Å². The van der Waals surface area contributed by atoms with Gasteiger partial charge in [0.15, 0.2) is 0 Å². The molecule has 0 aliphatic heterocycles. The average Bonchev–Trinajstić information content (AvgIpc) is 2.75. The van der Waals surface area contributed by atoms with E-state index in [2.05, 4.69) is 29.2 Å². The minimum Gasteiger partial charge on any atom is -0.410 e. The van der Waals surface area contributed by atoms with Crippen LogP contribution in [0.2, 0.25) is 5.02 Å². The number of aliphatic hydroxyl groups is 1. The first-order chi connectivity index (χ1) is 14.5. The molecule has 1 saturated carbocycles. The molecular weight excluding hydrogens is 400 g/mol. The van der Waals surface area contributed by atoms with Gasteiger partial charge in [-0.3, -0.25) is 4.90 Å². The maximum atomic E-state index is 12.5. The van der Waals surface area contributed by atoms with Crippen molar-refractivity contribution >= 4 is 17.7 Å². The number of likely N-dealkylation sites (N-methyl/N-ethyl adjacent to an activating group) is 1. The lowest BCUT2D eigenvalue weighted by Crippen LogP contribution is -2.40. The predicted molar refractivity (Wildman–Crippen MR) is 120 cm³/mol. The van der Waals surface area contributed by atoms with E-state index >= 15 is 0 Å². The van der Waals surface area contributed by atoms with Crippen LogP contribution in [0.1, 0.15) is 42.7 Å². The molecule has 6 heteroatoms. The molecule has 0 atom stereocenters. The van der Waals surface area contributed by atoms with E-state index in [4.69, 9.17) is 21.4 Å². The Morgan fingerprint density at radius 3 is 2.27 bits per heavy atom. The van der Waals surface area contributed by atoms with Gasteiger partial charge in [-0.2, -0.15) is 0 Å². The van der Waals surface area contributed by atoms with Gasteiger partial charge in [-0.1, -0.05) is 35.9 Å². The van der Waals surface area contributed by atoms with Gasteiger partial charge >= 0.3 is 6.09 Å². The molecule has 0 aromatic heterocycles. The van der Waals surface area contributed by atoms with Gasteiger partial charge in [0.05, 0.1) is 6.61 Å². The fraction of sp³-hybridized carbons (Fsp3) is 0.458. The topological polar surface area (TPSA) is 53.0 Å². The van der Waals surface area contributed by atoms with Crippen LogP contribution in [0, 0.1) is 0 Å². The quantitative estimate of drug-likeness (QED) is 0.677. The number of rotatable bonds is 7. The van der Waals surface area contributed by atoms with Gasteiger partial charge in [0.1, 0.15) is 5.75 Å². The highest BCUT2D eigenvalue weighted by Crippen LogP contribution is 2.35. The Bertz CT molecular complexity index is 802. The Labute approximate surface area is 184 Å². The van der Waals surface area contributed by atoms with Crippen LogP contribution in [-0.4, -0.2) is 54.3 Å². The van der Waals surface area contributed by atoms with E-state index < -0.39 is 0 Å². The minimum atomic E-state index is -0.322. The fourth-order valence-corrected chi connectivity index (χ4v) is 4.20. The van der Waals surface area contributed by atoms with Gasteiger partial charge in [0.25, 0.3) is 0 Å². The first kappa shape index (κ1) is 22.6. The number of nitrogens with zero attached hydrogens (tertiary/aromatic N) is 2. The molecule has 1 aliphatic carbocycles. The van der Waals surface area contributed by atoms with E-state index in [1.807, 2.05) is 14.1 Å². The van der Waals surface area contributed by atoms with Crippen LogP contribution in [0.5, 0.6) is 5.75 Å². The lowest BCUT2D eigenvalue weighted by Gasteiger charge is -2.34. The molecule has 30 heavy (non-hydrogen) atoms. The average molecular weight is 431 g/mol. The zero-order chi connectivity index (χ0) is 21.5. The molecule has 162 valence electrons. The number of halogens is 1.